The summed E-state index contributed by atoms with van der Waals surface area (Å²) in [5, 5.41) is 8.80. The van der Waals surface area contributed by atoms with Gasteiger partial charge in [0.25, 0.3) is 6.43 Å². The Labute approximate surface area is 123 Å². The van der Waals surface area contributed by atoms with Gasteiger partial charge in [0.2, 0.25) is 5.91 Å². The molecule has 0 fully saturated rings. The SMILES string of the molecule is Cc1ccc(C)c(OCCC(=O)N(CCO)CC(F)F)c1. The van der Waals surface area contributed by atoms with Crippen molar-refractivity contribution in [3.05, 3.63) is 29.3 Å². The highest BCUT2D eigenvalue weighted by atomic mass is 19.3. The highest BCUT2D eigenvalue weighted by Gasteiger charge is 2.17. The Morgan fingerprint density at radius 3 is 2.71 bits per heavy atom. The highest BCUT2D eigenvalue weighted by Crippen LogP contribution is 2.19. The molecule has 0 saturated carbocycles. The Kier molecular flexibility index (Phi) is 7.08. The number of carbonyl (C=O) groups excluding carboxylic acids is 1. The number of amides is 1. The molecule has 0 aliphatic rings. The summed E-state index contributed by atoms with van der Waals surface area (Å²) >= 11 is 0. The van der Waals surface area contributed by atoms with E-state index in [0.29, 0.717) is 5.75 Å². The fourth-order valence-electron chi connectivity index (χ4n) is 1.87. The van der Waals surface area contributed by atoms with Crippen molar-refractivity contribution < 1.29 is 23.4 Å². The number of halogens is 2. The van der Waals surface area contributed by atoms with Gasteiger partial charge < -0.3 is 14.7 Å². The largest absolute Gasteiger partial charge is 0.493 e. The summed E-state index contributed by atoms with van der Waals surface area (Å²) in [5.74, 6) is 0.236. The van der Waals surface area contributed by atoms with Crippen LogP contribution in [-0.4, -0.2) is 48.6 Å². The smallest absolute Gasteiger partial charge is 0.255 e. The minimum Gasteiger partial charge on any atom is -0.493 e. The van der Waals surface area contributed by atoms with Crippen molar-refractivity contribution >= 4 is 5.91 Å². The van der Waals surface area contributed by atoms with Gasteiger partial charge in [0.15, 0.2) is 0 Å². The van der Waals surface area contributed by atoms with Crippen molar-refractivity contribution in [3.8, 4) is 5.75 Å². The van der Waals surface area contributed by atoms with E-state index in [4.69, 9.17) is 9.84 Å². The van der Waals surface area contributed by atoms with Crippen molar-refractivity contribution in [1.29, 1.82) is 0 Å². The molecule has 0 aromatic heterocycles. The number of hydrogen-bond acceptors (Lipinski definition) is 3. The van der Waals surface area contributed by atoms with Crippen LogP contribution in [0.2, 0.25) is 0 Å². The Hall–Kier alpha value is -1.69. The number of aryl methyl sites for hydroxylation is 2. The van der Waals surface area contributed by atoms with E-state index in [9.17, 15) is 13.6 Å². The second kappa shape index (κ2) is 8.56. The van der Waals surface area contributed by atoms with Crippen LogP contribution >= 0.6 is 0 Å². The van der Waals surface area contributed by atoms with Crippen LogP contribution in [0, 0.1) is 13.8 Å². The molecule has 6 heteroatoms. The summed E-state index contributed by atoms with van der Waals surface area (Å²) < 4.78 is 30.2. The van der Waals surface area contributed by atoms with Gasteiger partial charge in [0, 0.05) is 6.54 Å². The van der Waals surface area contributed by atoms with Gasteiger partial charge in [0.1, 0.15) is 5.75 Å². The third-order valence-corrected chi connectivity index (χ3v) is 3.00. The van der Waals surface area contributed by atoms with E-state index in [1.165, 1.54) is 0 Å². The Balaban J connectivity index is 2.49. The molecule has 21 heavy (non-hydrogen) atoms. The number of aliphatic hydroxyl groups is 1. The Morgan fingerprint density at radius 1 is 1.38 bits per heavy atom. The predicted octanol–water partition coefficient (Wildman–Crippen LogP) is 2.16. The zero-order chi connectivity index (χ0) is 15.8. The van der Waals surface area contributed by atoms with Crippen LogP contribution < -0.4 is 4.74 Å². The molecule has 0 aliphatic heterocycles. The first-order valence-corrected chi connectivity index (χ1v) is 6.81. The first kappa shape index (κ1) is 17.4. The topological polar surface area (TPSA) is 49.8 Å². The van der Waals surface area contributed by atoms with Crippen LogP contribution in [0.4, 0.5) is 8.78 Å². The standard InChI is InChI=1S/C15H21F2NO3/c1-11-3-4-12(2)13(9-11)21-8-5-15(20)18(6-7-19)10-14(16)17/h3-4,9,14,19H,5-8,10H2,1-2H3. The van der Waals surface area contributed by atoms with Gasteiger partial charge in [-0.05, 0) is 31.0 Å². The number of hydrogen-bond donors (Lipinski definition) is 1. The summed E-state index contributed by atoms with van der Waals surface area (Å²) in [6.45, 7) is 2.86. The second-order valence-electron chi connectivity index (χ2n) is 4.82. The number of nitrogens with zero attached hydrogens (tertiary/aromatic N) is 1. The van der Waals surface area contributed by atoms with Gasteiger partial charge >= 0.3 is 0 Å². The highest BCUT2D eigenvalue weighted by molar-refractivity contribution is 5.76. The summed E-state index contributed by atoms with van der Waals surface area (Å²) in [5.41, 5.74) is 1.99. The van der Waals surface area contributed by atoms with Crippen LogP contribution in [0.15, 0.2) is 18.2 Å². The Morgan fingerprint density at radius 2 is 2.10 bits per heavy atom. The number of benzene rings is 1. The van der Waals surface area contributed by atoms with Crippen LogP contribution in [0.1, 0.15) is 17.5 Å². The molecule has 0 heterocycles. The maximum atomic E-state index is 12.3. The lowest BCUT2D eigenvalue weighted by atomic mass is 10.1. The monoisotopic (exact) mass is 301 g/mol. The van der Waals surface area contributed by atoms with Crippen molar-refractivity contribution in [3.63, 3.8) is 0 Å². The van der Waals surface area contributed by atoms with Gasteiger partial charge in [-0.3, -0.25) is 4.79 Å². The quantitative estimate of drug-likeness (QED) is 0.800. The first-order valence-electron chi connectivity index (χ1n) is 6.81. The fraction of sp³-hybridized carbons (Fsp3) is 0.533. The van der Waals surface area contributed by atoms with Crippen molar-refractivity contribution in [2.24, 2.45) is 0 Å². The van der Waals surface area contributed by atoms with E-state index in [-0.39, 0.29) is 26.2 Å². The zero-order valence-electron chi connectivity index (χ0n) is 12.3. The molecule has 1 amide bonds. The number of ether oxygens (including phenoxy) is 1. The fourth-order valence-corrected chi connectivity index (χ4v) is 1.87. The number of carbonyl (C=O) groups is 1. The summed E-state index contributed by atoms with van der Waals surface area (Å²) in [6.07, 6.45) is -2.61. The molecule has 1 rings (SSSR count). The molecule has 0 aliphatic carbocycles. The minimum atomic E-state index is -2.61. The molecule has 0 atom stereocenters. The maximum Gasteiger partial charge on any atom is 0.255 e. The van der Waals surface area contributed by atoms with E-state index in [1.54, 1.807) is 0 Å². The third-order valence-electron chi connectivity index (χ3n) is 3.00. The van der Waals surface area contributed by atoms with E-state index in [1.807, 2.05) is 32.0 Å². The van der Waals surface area contributed by atoms with Gasteiger partial charge in [-0.15, -0.1) is 0 Å². The average molecular weight is 301 g/mol. The Bertz CT molecular complexity index is 466. The summed E-state index contributed by atoms with van der Waals surface area (Å²) in [6, 6.07) is 5.74. The lowest BCUT2D eigenvalue weighted by molar-refractivity contribution is -0.134. The molecule has 0 bridgehead atoms. The summed E-state index contributed by atoms with van der Waals surface area (Å²) in [4.78, 5) is 12.8. The lowest BCUT2D eigenvalue weighted by Gasteiger charge is -2.21. The molecule has 0 radical (unpaired) electrons. The van der Waals surface area contributed by atoms with Gasteiger partial charge in [-0.1, -0.05) is 12.1 Å². The van der Waals surface area contributed by atoms with Crippen molar-refractivity contribution in [2.45, 2.75) is 26.7 Å². The van der Waals surface area contributed by atoms with E-state index < -0.39 is 18.9 Å². The predicted molar refractivity (Wildman–Crippen MR) is 75.7 cm³/mol. The zero-order valence-corrected chi connectivity index (χ0v) is 12.3. The second-order valence-corrected chi connectivity index (χ2v) is 4.82. The van der Waals surface area contributed by atoms with Crippen molar-refractivity contribution in [2.75, 3.05) is 26.3 Å². The molecule has 118 valence electrons. The van der Waals surface area contributed by atoms with E-state index >= 15 is 0 Å². The van der Waals surface area contributed by atoms with Gasteiger partial charge in [0.05, 0.1) is 26.2 Å². The van der Waals surface area contributed by atoms with Crippen LogP contribution in [-0.2, 0) is 4.79 Å². The molecule has 1 aromatic rings. The maximum absolute atomic E-state index is 12.3. The van der Waals surface area contributed by atoms with E-state index in [0.717, 1.165) is 16.0 Å². The molecule has 1 aromatic carbocycles. The molecule has 0 saturated heterocycles. The van der Waals surface area contributed by atoms with Gasteiger partial charge in [-0.2, -0.15) is 0 Å². The molecule has 0 spiro atoms. The lowest BCUT2D eigenvalue weighted by Crippen LogP contribution is -2.37. The summed E-state index contributed by atoms with van der Waals surface area (Å²) in [7, 11) is 0. The molecule has 1 N–H and O–H groups in total. The third kappa shape index (κ3) is 6.08. The normalized spacial score (nSPS) is 10.8. The van der Waals surface area contributed by atoms with Crippen molar-refractivity contribution in [1.82, 2.24) is 4.90 Å². The average Bonchev–Trinajstić information content (AvgIpc) is 2.41. The number of alkyl halides is 2. The number of rotatable bonds is 8. The van der Waals surface area contributed by atoms with Crippen LogP contribution in [0.25, 0.3) is 0 Å². The molecule has 0 unspecified atom stereocenters. The van der Waals surface area contributed by atoms with E-state index in [2.05, 4.69) is 0 Å². The molecular formula is C15H21F2NO3. The minimum absolute atomic E-state index is 0.000101. The first-order chi connectivity index (χ1) is 9.93. The number of aliphatic hydroxyl groups excluding tert-OH is 1. The van der Waals surface area contributed by atoms with Gasteiger partial charge in [-0.25, -0.2) is 8.78 Å². The van der Waals surface area contributed by atoms with Crippen LogP contribution in [0.5, 0.6) is 5.75 Å². The molecular weight excluding hydrogens is 280 g/mol. The van der Waals surface area contributed by atoms with Crippen LogP contribution in [0.3, 0.4) is 0 Å². The molecule has 4 nitrogen and oxygen atoms in total.